The van der Waals surface area contributed by atoms with Gasteiger partial charge in [-0.2, -0.15) is 13.2 Å². The van der Waals surface area contributed by atoms with E-state index in [2.05, 4.69) is 9.71 Å². The van der Waals surface area contributed by atoms with Crippen molar-refractivity contribution in [1.82, 2.24) is 4.98 Å². The number of hydrogen-bond acceptors (Lipinski definition) is 5. The van der Waals surface area contributed by atoms with Gasteiger partial charge in [-0.15, -0.1) is 0 Å². The number of pyridine rings is 1. The zero-order chi connectivity index (χ0) is 23.8. The number of ketones is 1. The molecule has 0 fully saturated rings. The largest absolute Gasteiger partial charge is 0.416 e. The highest BCUT2D eigenvalue weighted by atomic mass is 35.5. The van der Waals surface area contributed by atoms with E-state index in [0.29, 0.717) is 17.3 Å². The number of carbonyl (C=O) groups is 1. The Morgan fingerprint density at radius 1 is 1.06 bits per heavy atom. The molecule has 0 bridgehead atoms. The van der Waals surface area contributed by atoms with Gasteiger partial charge in [-0.25, -0.2) is 13.4 Å². The standard InChI is InChI=1S/C21H17ClF3N3O3S/c1-11-3-5-14(26)8-16(11)20(29)19-18(7-13(22)10-27-19)28-32(30,31)15-6-4-12(2)17(9-15)21(23,24)25/h3-10,28H,26H2,1-2H3. The van der Waals surface area contributed by atoms with E-state index < -0.39 is 32.4 Å². The van der Waals surface area contributed by atoms with Gasteiger partial charge in [0.1, 0.15) is 5.69 Å². The molecular weight excluding hydrogens is 467 g/mol. The number of nitrogens with zero attached hydrogens (tertiary/aromatic N) is 1. The first-order valence-corrected chi connectivity index (χ1v) is 10.9. The van der Waals surface area contributed by atoms with Crippen LogP contribution in [0.25, 0.3) is 0 Å². The fraction of sp³-hybridized carbons (Fsp3) is 0.143. The molecule has 0 aliphatic rings. The maximum Gasteiger partial charge on any atom is 0.416 e. The summed E-state index contributed by atoms with van der Waals surface area (Å²) in [5.74, 6) is -0.635. The van der Waals surface area contributed by atoms with E-state index in [0.717, 1.165) is 24.4 Å². The Morgan fingerprint density at radius 3 is 2.38 bits per heavy atom. The summed E-state index contributed by atoms with van der Waals surface area (Å²) in [6.07, 6.45) is -3.58. The lowest BCUT2D eigenvalue weighted by atomic mass is 10.0. The van der Waals surface area contributed by atoms with Gasteiger partial charge in [0, 0.05) is 17.4 Å². The number of rotatable bonds is 5. The van der Waals surface area contributed by atoms with Gasteiger partial charge in [-0.3, -0.25) is 9.52 Å². The number of aromatic nitrogens is 1. The number of aryl methyl sites for hydroxylation is 2. The van der Waals surface area contributed by atoms with Crippen LogP contribution in [0.5, 0.6) is 0 Å². The van der Waals surface area contributed by atoms with E-state index in [1.165, 1.54) is 13.0 Å². The molecule has 32 heavy (non-hydrogen) atoms. The smallest absolute Gasteiger partial charge is 0.399 e. The molecule has 0 spiro atoms. The van der Waals surface area contributed by atoms with Crippen molar-refractivity contribution in [2.75, 3.05) is 10.5 Å². The van der Waals surface area contributed by atoms with Crippen LogP contribution >= 0.6 is 11.6 Å². The Balaban J connectivity index is 2.07. The number of hydrogen-bond donors (Lipinski definition) is 2. The number of nitrogens with two attached hydrogens (primary N) is 1. The number of nitrogen functional groups attached to an aromatic ring is 1. The minimum atomic E-state index is -4.74. The molecule has 0 aliphatic heterocycles. The zero-order valence-corrected chi connectivity index (χ0v) is 18.4. The molecule has 6 nitrogen and oxygen atoms in total. The molecule has 0 saturated heterocycles. The van der Waals surface area contributed by atoms with E-state index in [1.54, 1.807) is 19.1 Å². The normalized spacial score (nSPS) is 11.9. The van der Waals surface area contributed by atoms with Crippen molar-refractivity contribution in [3.05, 3.63) is 81.6 Å². The van der Waals surface area contributed by atoms with Crippen molar-refractivity contribution in [3.8, 4) is 0 Å². The number of benzene rings is 2. The minimum Gasteiger partial charge on any atom is -0.399 e. The molecule has 3 N–H and O–H groups in total. The average Bonchev–Trinajstić information content (AvgIpc) is 2.68. The van der Waals surface area contributed by atoms with Gasteiger partial charge in [0.25, 0.3) is 10.0 Å². The highest BCUT2D eigenvalue weighted by Crippen LogP contribution is 2.34. The van der Waals surface area contributed by atoms with Crippen LogP contribution in [-0.4, -0.2) is 19.2 Å². The third-order valence-corrected chi connectivity index (χ3v) is 6.21. The van der Waals surface area contributed by atoms with Crippen LogP contribution in [-0.2, 0) is 16.2 Å². The van der Waals surface area contributed by atoms with Crippen molar-refractivity contribution < 1.29 is 26.4 Å². The first kappa shape index (κ1) is 23.6. The molecule has 2 aromatic carbocycles. The number of halogens is 4. The van der Waals surface area contributed by atoms with E-state index >= 15 is 0 Å². The Kier molecular flexibility index (Phi) is 6.21. The second-order valence-corrected chi connectivity index (χ2v) is 9.15. The molecule has 11 heteroatoms. The molecule has 0 amide bonds. The SMILES string of the molecule is Cc1ccc(N)cc1C(=O)c1ncc(Cl)cc1NS(=O)(=O)c1ccc(C)c(C(F)(F)F)c1. The molecule has 3 rings (SSSR count). The van der Waals surface area contributed by atoms with Crippen LogP contribution in [0.2, 0.25) is 5.02 Å². The quantitative estimate of drug-likeness (QED) is 0.393. The van der Waals surface area contributed by atoms with E-state index in [-0.39, 0.29) is 27.5 Å². The lowest BCUT2D eigenvalue weighted by Crippen LogP contribution is -2.18. The third kappa shape index (κ3) is 4.86. The van der Waals surface area contributed by atoms with Crippen LogP contribution in [0.4, 0.5) is 24.5 Å². The van der Waals surface area contributed by atoms with Gasteiger partial charge in [0.2, 0.25) is 5.78 Å². The fourth-order valence-corrected chi connectivity index (χ4v) is 4.23. The molecule has 0 unspecified atom stereocenters. The molecular formula is C21H17ClF3N3O3S. The topological polar surface area (TPSA) is 102 Å². The first-order valence-electron chi connectivity index (χ1n) is 9.06. The lowest BCUT2D eigenvalue weighted by Gasteiger charge is -2.15. The summed E-state index contributed by atoms with van der Waals surface area (Å²) in [7, 11) is -4.51. The second kappa shape index (κ2) is 8.44. The predicted molar refractivity (Wildman–Crippen MR) is 115 cm³/mol. The predicted octanol–water partition coefficient (Wildman–Crippen LogP) is 4.98. The van der Waals surface area contributed by atoms with Crippen LogP contribution in [0.15, 0.2) is 53.6 Å². The summed E-state index contributed by atoms with van der Waals surface area (Å²) in [5, 5.41) is 0.0171. The maximum absolute atomic E-state index is 13.2. The summed E-state index contributed by atoms with van der Waals surface area (Å²) in [6, 6.07) is 8.40. The van der Waals surface area contributed by atoms with Crippen molar-refractivity contribution in [3.63, 3.8) is 0 Å². The molecule has 0 atom stereocenters. The zero-order valence-electron chi connectivity index (χ0n) is 16.8. The third-order valence-electron chi connectivity index (χ3n) is 4.64. The summed E-state index contributed by atoms with van der Waals surface area (Å²) >= 11 is 5.93. The van der Waals surface area contributed by atoms with E-state index in [4.69, 9.17) is 17.3 Å². The molecule has 0 radical (unpaired) electrons. The highest BCUT2D eigenvalue weighted by Gasteiger charge is 2.34. The Morgan fingerprint density at radius 2 is 1.72 bits per heavy atom. The molecule has 1 aromatic heterocycles. The number of sulfonamides is 1. The minimum absolute atomic E-state index is 0.0171. The van der Waals surface area contributed by atoms with Crippen LogP contribution in [0, 0.1) is 13.8 Å². The van der Waals surface area contributed by atoms with Gasteiger partial charge >= 0.3 is 6.18 Å². The van der Waals surface area contributed by atoms with Crippen molar-refractivity contribution in [2.24, 2.45) is 0 Å². The lowest BCUT2D eigenvalue weighted by molar-refractivity contribution is -0.138. The molecule has 168 valence electrons. The van der Waals surface area contributed by atoms with E-state index in [9.17, 15) is 26.4 Å². The van der Waals surface area contributed by atoms with Crippen molar-refractivity contribution in [1.29, 1.82) is 0 Å². The first-order chi connectivity index (χ1) is 14.8. The Hall–Kier alpha value is -3.11. The summed E-state index contributed by atoms with van der Waals surface area (Å²) in [5.41, 5.74) is 5.04. The van der Waals surface area contributed by atoms with Gasteiger partial charge in [-0.05, 0) is 55.3 Å². The highest BCUT2D eigenvalue weighted by molar-refractivity contribution is 7.92. The van der Waals surface area contributed by atoms with Gasteiger partial charge in [-0.1, -0.05) is 23.7 Å². The number of nitrogens with one attached hydrogen (secondary N) is 1. The van der Waals surface area contributed by atoms with Crippen LogP contribution < -0.4 is 10.5 Å². The van der Waals surface area contributed by atoms with E-state index in [1.807, 2.05) is 0 Å². The van der Waals surface area contributed by atoms with Gasteiger partial charge in [0.15, 0.2) is 0 Å². The second-order valence-electron chi connectivity index (χ2n) is 7.03. The molecule has 0 aliphatic carbocycles. The number of carbonyl (C=O) groups excluding carboxylic acids is 1. The molecule has 0 saturated carbocycles. The summed E-state index contributed by atoms with van der Waals surface area (Å²) in [6.45, 7) is 2.88. The Bertz CT molecular complexity index is 1330. The Labute approximate surface area is 187 Å². The number of alkyl halides is 3. The van der Waals surface area contributed by atoms with Crippen molar-refractivity contribution >= 4 is 38.8 Å². The van der Waals surface area contributed by atoms with Gasteiger partial charge in [0.05, 0.1) is 21.2 Å². The summed E-state index contributed by atoms with van der Waals surface area (Å²) < 4.78 is 67.5. The van der Waals surface area contributed by atoms with Crippen molar-refractivity contribution in [2.45, 2.75) is 24.9 Å². The fourth-order valence-electron chi connectivity index (χ4n) is 2.99. The number of anilines is 2. The summed E-state index contributed by atoms with van der Waals surface area (Å²) in [4.78, 5) is 16.4. The van der Waals surface area contributed by atoms with Crippen LogP contribution in [0.1, 0.15) is 32.7 Å². The molecule has 3 aromatic rings. The maximum atomic E-state index is 13.2. The van der Waals surface area contributed by atoms with Gasteiger partial charge < -0.3 is 5.73 Å². The molecule has 1 heterocycles. The van der Waals surface area contributed by atoms with Crippen LogP contribution in [0.3, 0.4) is 0 Å². The average molecular weight is 484 g/mol. The monoisotopic (exact) mass is 483 g/mol.